The number of aliphatic hydroxyl groups is 1. The second kappa shape index (κ2) is 9.25. The first kappa shape index (κ1) is 24.3. The Labute approximate surface area is 201 Å². The van der Waals surface area contributed by atoms with Crippen LogP contribution in [0.25, 0.3) is 0 Å². The molecule has 2 heteroatoms. The summed E-state index contributed by atoms with van der Waals surface area (Å²) >= 11 is 0. The van der Waals surface area contributed by atoms with E-state index in [9.17, 15) is 5.11 Å². The molecule has 8 atom stereocenters. The summed E-state index contributed by atoms with van der Waals surface area (Å²) in [4.78, 5) is 0. The van der Waals surface area contributed by atoms with Crippen molar-refractivity contribution in [1.29, 1.82) is 0 Å². The van der Waals surface area contributed by atoms with Crippen LogP contribution in [0.1, 0.15) is 105 Å². The van der Waals surface area contributed by atoms with Gasteiger partial charge in [0.05, 0.1) is 6.10 Å². The maximum atomic E-state index is 10.2. The van der Waals surface area contributed by atoms with Crippen LogP contribution in [0.15, 0.2) is 11.6 Å². The van der Waals surface area contributed by atoms with Gasteiger partial charge in [0.1, 0.15) is 0 Å². The van der Waals surface area contributed by atoms with Gasteiger partial charge in [0.2, 0.25) is 0 Å². The second-order valence-electron chi connectivity index (χ2n) is 12.2. The Bertz CT molecular complexity index is 597. The van der Waals surface area contributed by atoms with E-state index in [0.29, 0.717) is 10.8 Å². The van der Waals surface area contributed by atoms with Crippen molar-refractivity contribution < 1.29 is 32.8 Å². The van der Waals surface area contributed by atoms with E-state index in [4.69, 9.17) is 0 Å². The third-order valence-corrected chi connectivity index (χ3v) is 10.3. The van der Waals surface area contributed by atoms with Crippen LogP contribution in [0.4, 0.5) is 0 Å². The van der Waals surface area contributed by atoms with Crippen LogP contribution in [0.3, 0.4) is 0 Å². The molecule has 0 amide bonds. The Morgan fingerprint density at radius 3 is 2.48 bits per heavy atom. The average Bonchev–Trinajstić information content (AvgIpc) is 2.99. The van der Waals surface area contributed by atoms with E-state index in [2.05, 4.69) is 40.7 Å². The zero-order valence-corrected chi connectivity index (χ0v) is 25.5. The van der Waals surface area contributed by atoms with E-state index in [1.807, 2.05) is 0 Å². The molecule has 29 heavy (non-hydrogen) atoms. The van der Waals surface area contributed by atoms with Crippen LogP contribution in [0, 0.1) is 46.3 Å². The molecule has 1 N–H and O–H groups in total. The largest absolute Gasteiger partial charge is 0.393 e. The smallest absolute Gasteiger partial charge is 0.0577 e. The maximum Gasteiger partial charge on any atom is 0.0577 e. The van der Waals surface area contributed by atoms with E-state index in [1.165, 1.54) is 57.8 Å². The fourth-order valence-corrected chi connectivity index (χ4v) is 8.67. The van der Waals surface area contributed by atoms with Crippen molar-refractivity contribution in [3.05, 3.63) is 11.6 Å². The van der Waals surface area contributed by atoms with Crippen LogP contribution in [-0.2, 0) is 27.7 Å². The van der Waals surface area contributed by atoms with Gasteiger partial charge in [-0.1, -0.05) is 65.5 Å². The Balaban J connectivity index is 0.00000240. The minimum Gasteiger partial charge on any atom is -0.393 e. The molecule has 1 nitrogen and oxygen atoms in total. The monoisotopic (exact) mass is 588 g/mol. The normalized spacial score (nSPS) is 44.9. The van der Waals surface area contributed by atoms with Gasteiger partial charge in [-0.3, -0.25) is 0 Å². The van der Waals surface area contributed by atoms with Gasteiger partial charge in [-0.2, -0.15) is 0 Å². The van der Waals surface area contributed by atoms with Crippen LogP contribution in [-0.4, -0.2) is 11.2 Å². The van der Waals surface area contributed by atoms with E-state index in [1.54, 1.807) is 5.57 Å². The molecule has 4 aliphatic rings. The number of fused-ring (bicyclic) bond motifs is 5. The zero-order valence-electron chi connectivity index (χ0n) is 20.1. The van der Waals surface area contributed by atoms with Gasteiger partial charge in [-0.25, -0.2) is 0 Å². The van der Waals surface area contributed by atoms with Crippen molar-refractivity contribution in [1.82, 2.24) is 0 Å². The molecule has 0 aromatic heterocycles. The molecule has 0 heterocycles. The molecule has 0 bridgehead atoms. The molecule has 0 aromatic carbocycles. The van der Waals surface area contributed by atoms with E-state index >= 15 is 0 Å². The first-order valence-electron chi connectivity index (χ1n) is 12.6. The first-order valence-corrected chi connectivity index (χ1v) is 12.6. The van der Waals surface area contributed by atoms with Crippen LogP contribution in [0.2, 0.25) is 0 Å². The number of hydrogen-bond acceptors (Lipinski definition) is 1. The van der Waals surface area contributed by atoms with Crippen LogP contribution < -0.4 is 0 Å². The molecule has 162 valence electrons. The number of aliphatic hydroxyl groups excluding tert-OH is 1. The fraction of sp³-hybridized carbons (Fsp3) is 0.926. The third-order valence-electron chi connectivity index (χ3n) is 10.3. The molecule has 0 aromatic rings. The molecular weight excluding hydrogens is 541 g/mol. The van der Waals surface area contributed by atoms with Gasteiger partial charge in [0.25, 0.3) is 0 Å². The van der Waals surface area contributed by atoms with Crippen molar-refractivity contribution in [3.63, 3.8) is 0 Å². The quantitative estimate of drug-likeness (QED) is 0.263. The Morgan fingerprint density at radius 1 is 1.00 bits per heavy atom. The average molecular weight is 587 g/mol. The Hall–Kier alpha value is 0.635. The molecule has 0 saturated heterocycles. The summed E-state index contributed by atoms with van der Waals surface area (Å²) in [5, 5.41) is 10.2. The number of rotatable bonds is 5. The minimum atomic E-state index is -0.0766. The van der Waals surface area contributed by atoms with Crippen molar-refractivity contribution >= 4 is 0 Å². The zero-order chi connectivity index (χ0) is 20.1. The van der Waals surface area contributed by atoms with Gasteiger partial charge in [-0.15, -0.1) is 0 Å². The molecule has 3 saturated carbocycles. The number of allylic oxidation sites excluding steroid dienone is 1. The van der Waals surface area contributed by atoms with Gasteiger partial charge in [-0.05, 0) is 97.7 Å². The van der Waals surface area contributed by atoms with Crippen LogP contribution in [0.5, 0.6) is 0 Å². The SMILES string of the molecule is CC(C)CCC[C@@H](C)[C@H]1CC[C@H]2[C@@H]3CC=C4C[C@@H](O)CC[C@]4(C)[C@H]3CC[C@]12C.[Hg]. The van der Waals surface area contributed by atoms with Crippen molar-refractivity contribution in [2.24, 2.45) is 46.3 Å². The fourth-order valence-electron chi connectivity index (χ4n) is 8.67. The van der Waals surface area contributed by atoms with E-state index in [-0.39, 0.29) is 33.8 Å². The molecule has 4 aliphatic carbocycles. The summed E-state index contributed by atoms with van der Waals surface area (Å²) in [6.45, 7) is 12.6. The molecule has 4 rings (SSSR count). The predicted molar refractivity (Wildman–Crippen MR) is 119 cm³/mol. The topological polar surface area (TPSA) is 20.2 Å². The third kappa shape index (κ3) is 4.31. The summed E-state index contributed by atoms with van der Waals surface area (Å²) in [5.74, 6) is 5.46. The van der Waals surface area contributed by atoms with Crippen molar-refractivity contribution in [3.8, 4) is 0 Å². The molecule has 0 spiro atoms. The summed E-state index contributed by atoms with van der Waals surface area (Å²) < 4.78 is 0. The van der Waals surface area contributed by atoms with Crippen LogP contribution >= 0.6 is 0 Å². The molecule has 0 radical (unpaired) electrons. The van der Waals surface area contributed by atoms with E-state index < -0.39 is 0 Å². The number of hydrogen-bond donors (Lipinski definition) is 1. The minimum absolute atomic E-state index is 0. The standard InChI is InChI=1S/C27H46O.Hg/c1-18(2)7-6-8-19(3)23-11-12-24-22-10-9-20-17-21(28)13-15-26(20,4)25(22)14-16-27(23,24)5;/h9,18-19,21-25,28H,6-8,10-17H2,1-5H3;/t19-,21+,22+,23-,24+,25+,26+,27-;/m1./s1. The Kier molecular flexibility index (Phi) is 7.74. The summed E-state index contributed by atoms with van der Waals surface area (Å²) in [5.41, 5.74) is 2.60. The molecule has 3 fully saturated rings. The van der Waals surface area contributed by atoms with Crippen molar-refractivity contribution in [2.75, 3.05) is 0 Å². The van der Waals surface area contributed by atoms with Gasteiger partial charge in [0, 0.05) is 27.7 Å². The molecular formula is C27H46HgO. The van der Waals surface area contributed by atoms with Gasteiger partial charge in [0.15, 0.2) is 0 Å². The maximum absolute atomic E-state index is 10.2. The summed E-state index contributed by atoms with van der Waals surface area (Å²) in [6.07, 6.45) is 17.2. The predicted octanol–water partition coefficient (Wildman–Crippen LogP) is 7.39. The van der Waals surface area contributed by atoms with Gasteiger partial charge < -0.3 is 5.11 Å². The molecule has 0 aliphatic heterocycles. The molecule has 0 unspecified atom stereocenters. The van der Waals surface area contributed by atoms with Crippen molar-refractivity contribution in [2.45, 2.75) is 111 Å². The Morgan fingerprint density at radius 2 is 1.76 bits per heavy atom. The second-order valence-corrected chi connectivity index (χ2v) is 12.2. The van der Waals surface area contributed by atoms with Gasteiger partial charge >= 0.3 is 0 Å². The summed E-state index contributed by atoms with van der Waals surface area (Å²) in [6, 6.07) is 0. The summed E-state index contributed by atoms with van der Waals surface area (Å²) in [7, 11) is 0. The first-order chi connectivity index (χ1) is 13.3. The van der Waals surface area contributed by atoms with E-state index in [0.717, 1.165) is 48.3 Å².